The van der Waals surface area contributed by atoms with Crippen LogP contribution in [0.3, 0.4) is 0 Å². The smallest absolute Gasteiger partial charge is 0.219 e. The van der Waals surface area contributed by atoms with Gasteiger partial charge in [0, 0.05) is 38.6 Å². The van der Waals surface area contributed by atoms with Crippen molar-refractivity contribution in [3.05, 3.63) is 0 Å². The Labute approximate surface area is 91.9 Å². The van der Waals surface area contributed by atoms with E-state index in [-0.39, 0.29) is 12.5 Å². The van der Waals surface area contributed by atoms with E-state index in [0.29, 0.717) is 18.6 Å². The molecule has 4 heteroatoms. The first-order valence-electron chi connectivity index (χ1n) is 5.68. The lowest BCUT2D eigenvalue weighted by atomic mass is 10.2. The predicted octanol–water partition coefficient (Wildman–Crippen LogP) is 0.310. The van der Waals surface area contributed by atoms with E-state index in [1.54, 1.807) is 6.92 Å². The number of carbonyl (C=O) groups excluding carboxylic acids is 1. The maximum Gasteiger partial charge on any atom is 0.219 e. The van der Waals surface area contributed by atoms with E-state index < -0.39 is 0 Å². The number of likely N-dealkylation sites (tertiary alicyclic amines) is 1. The molecule has 0 aromatic rings. The Bertz CT molecular complexity index is 219. The highest BCUT2D eigenvalue weighted by Crippen LogP contribution is 2.17. The lowest BCUT2D eigenvalue weighted by Gasteiger charge is -2.31. The van der Waals surface area contributed by atoms with E-state index in [4.69, 9.17) is 5.11 Å². The Morgan fingerprint density at radius 1 is 1.60 bits per heavy atom. The van der Waals surface area contributed by atoms with Crippen molar-refractivity contribution >= 4 is 5.91 Å². The van der Waals surface area contributed by atoms with E-state index >= 15 is 0 Å². The molecule has 0 saturated carbocycles. The number of hydrogen-bond acceptors (Lipinski definition) is 3. The number of rotatable bonds is 4. The maximum absolute atomic E-state index is 11.2. The maximum atomic E-state index is 11.2. The van der Waals surface area contributed by atoms with Crippen LogP contribution >= 0.6 is 0 Å². The van der Waals surface area contributed by atoms with Gasteiger partial charge in [0.1, 0.15) is 0 Å². The number of nitrogens with zero attached hydrogens (tertiary/aromatic N) is 2. The Hall–Kier alpha value is -0.610. The summed E-state index contributed by atoms with van der Waals surface area (Å²) in [6, 6.07) is 0.843. The Morgan fingerprint density at radius 3 is 2.67 bits per heavy atom. The van der Waals surface area contributed by atoms with Gasteiger partial charge in [0.25, 0.3) is 0 Å². The molecule has 1 fully saturated rings. The second kappa shape index (κ2) is 5.47. The average molecular weight is 214 g/mol. The van der Waals surface area contributed by atoms with Crippen LogP contribution in [-0.2, 0) is 4.79 Å². The van der Waals surface area contributed by atoms with E-state index in [9.17, 15) is 4.79 Å². The van der Waals surface area contributed by atoms with Crippen molar-refractivity contribution in [2.45, 2.75) is 39.3 Å². The summed E-state index contributed by atoms with van der Waals surface area (Å²) in [7, 11) is 0. The largest absolute Gasteiger partial charge is 0.395 e. The molecule has 1 aliphatic heterocycles. The molecule has 1 heterocycles. The normalized spacial score (nSPS) is 21.7. The minimum absolute atomic E-state index is 0.158. The van der Waals surface area contributed by atoms with Crippen LogP contribution in [0.2, 0.25) is 0 Å². The second-order valence-corrected chi connectivity index (χ2v) is 4.46. The van der Waals surface area contributed by atoms with Crippen molar-refractivity contribution in [2.24, 2.45) is 0 Å². The summed E-state index contributed by atoms with van der Waals surface area (Å²) in [5, 5.41) is 9.00. The molecule has 0 unspecified atom stereocenters. The molecule has 0 aromatic carbocycles. The standard InChI is InChI=1S/C11H22N2O2/c1-9(2)13(6-7-14)11-4-5-12(8-11)10(3)15/h9,11,14H,4-8H2,1-3H3/t11-/m1/s1. The number of aliphatic hydroxyl groups excluding tert-OH is 1. The molecular weight excluding hydrogens is 192 g/mol. The van der Waals surface area contributed by atoms with Crippen molar-refractivity contribution in [3.63, 3.8) is 0 Å². The van der Waals surface area contributed by atoms with E-state index in [2.05, 4.69) is 18.7 Å². The monoisotopic (exact) mass is 214 g/mol. The van der Waals surface area contributed by atoms with Gasteiger partial charge in [-0.1, -0.05) is 0 Å². The quantitative estimate of drug-likeness (QED) is 0.732. The van der Waals surface area contributed by atoms with Crippen LogP contribution in [0.25, 0.3) is 0 Å². The summed E-state index contributed by atoms with van der Waals surface area (Å²) >= 11 is 0. The lowest BCUT2D eigenvalue weighted by Crippen LogP contribution is -2.44. The minimum atomic E-state index is 0.158. The lowest BCUT2D eigenvalue weighted by molar-refractivity contribution is -0.128. The van der Waals surface area contributed by atoms with Gasteiger partial charge < -0.3 is 10.0 Å². The summed E-state index contributed by atoms with van der Waals surface area (Å²) in [6.07, 6.45) is 1.03. The second-order valence-electron chi connectivity index (χ2n) is 4.46. The number of carbonyl (C=O) groups is 1. The summed E-state index contributed by atoms with van der Waals surface area (Å²) in [5.41, 5.74) is 0. The van der Waals surface area contributed by atoms with Gasteiger partial charge in [-0.15, -0.1) is 0 Å². The highest BCUT2D eigenvalue weighted by molar-refractivity contribution is 5.73. The zero-order valence-corrected chi connectivity index (χ0v) is 9.94. The van der Waals surface area contributed by atoms with Crippen molar-refractivity contribution in [3.8, 4) is 0 Å². The predicted molar refractivity (Wildman–Crippen MR) is 59.6 cm³/mol. The van der Waals surface area contributed by atoms with Gasteiger partial charge in [-0.05, 0) is 20.3 Å². The first kappa shape index (κ1) is 12.5. The van der Waals surface area contributed by atoms with Crippen LogP contribution in [0.15, 0.2) is 0 Å². The fourth-order valence-electron chi connectivity index (χ4n) is 2.28. The number of aliphatic hydroxyl groups is 1. The van der Waals surface area contributed by atoms with Crippen LogP contribution in [0.4, 0.5) is 0 Å². The number of hydrogen-bond donors (Lipinski definition) is 1. The molecule has 15 heavy (non-hydrogen) atoms. The van der Waals surface area contributed by atoms with Gasteiger partial charge in [0.05, 0.1) is 6.61 Å². The van der Waals surface area contributed by atoms with Crippen LogP contribution in [-0.4, -0.2) is 59.1 Å². The zero-order chi connectivity index (χ0) is 11.4. The molecule has 1 aliphatic rings. The van der Waals surface area contributed by atoms with Crippen molar-refractivity contribution in [1.82, 2.24) is 9.80 Å². The van der Waals surface area contributed by atoms with Crippen molar-refractivity contribution in [1.29, 1.82) is 0 Å². The van der Waals surface area contributed by atoms with Gasteiger partial charge in [-0.3, -0.25) is 9.69 Å². The third kappa shape index (κ3) is 3.18. The zero-order valence-electron chi connectivity index (χ0n) is 9.94. The molecule has 1 saturated heterocycles. The Morgan fingerprint density at radius 2 is 2.27 bits per heavy atom. The Balaban J connectivity index is 2.52. The summed E-state index contributed by atoms with van der Waals surface area (Å²) < 4.78 is 0. The van der Waals surface area contributed by atoms with Crippen LogP contribution < -0.4 is 0 Å². The molecule has 0 bridgehead atoms. The third-order valence-electron chi connectivity index (χ3n) is 3.10. The fraction of sp³-hybridized carbons (Fsp3) is 0.909. The topological polar surface area (TPSA) is 43.8 Å². The molecule has 0 aliphatic carbocycles. The third-order valence-corrected chi connectivity index (χ3v) is 3.10. The van der Waals surface area contributed by atoms with Gasteiger partial charge in [-0.25, -0.2) is 0 Å². The molecule has 1 amide bonds. The summed E-state index contributed by atoms with van der Waals surface area (Å²) in [4.78, 5) is 15.4. The minimum Gasteiger partial charge on any atom is -0.395 e. The Kier molecular flexibility index (Phi) is 4.54. The van der Waals surface area contributed by atoms with Crippen LogP contribution in [0, 0.1) is 0 Å². The summed E-state index contributed by atoms with van der Waals surface area (Å²) in [6.45, 7) is 8.44. The molecule has 1 N–H and O–H groups in total. The van der Waals surface area contributed by atoms with Crippen molar-refractivity contribution < 1.29 is 9.90 Å². The molecular formula is C11H22N2O2. The van der Waals surface area contributed by atoms with Crippen molar-refractivity contribution in [2.75, 3.05) is 26.2 Å². The van der Waals surface area contributed by atoms with Crippen LogP contribution in [0.5, 0.6) is 0 Å². The van der Waals surface area contributed by atoms with Gasteiger partial charge >= 0.3 is 0 Å². The highest BCUT2D eigenvalue weighted by Gasteiger charge is 2.29. The molecule has 88 valence electrons. The first-order chi connectivity index (χ1) is 7.06. The first-order valence-corrected chi connectivity index (χ1v) is 5.68. The highest BCUT2D eigenvalue weighted by atomic mass is 16.3. The van der Waals surface area contributed by atoms with Gasteiger partial charge in [-0.2, -0.15) is 0 Å². The van der Waals surface area contributed by atoms with E-state index in [0.717, 1.165) is 19.5 Å². The fourth-order valence-corrected chi connectivity index (χ4v) is 2.28. The molecule has 1 rings (SSSR count). The van der Waals surface area contributed by atoms with Crippen LogP contribution in [0.1, 0.15) is 27.2 Å². The molecule has 0 radical (unpaired) electrons. The van der Waals surface area contributed by atoms with Gasteiger partial charge in [0.2, 0.25) is 5.91 Å². The van der Waals surface area contributed by atoms with Gasteiger partial charge in [0.15, 0.2) is 0 Å². The SMILES string of the molecule is CC(=O)N1CC[C@@H](N(CCO)C(C)C)C1. The summed E-state index contributed by atoms with van der Waals surface area (Å²) in [5.74, 6) is 0.158. The number of amides is 1. The molecule has 0 aromatic heterocycles. The molecule has 1 atom stereocenters. The molecule has 4 nitrogen and oxygen atoms in total. The van der Waals surface area contributed by atoms with E-state index in [1.165, 1.54) is 0 Å². The van der Waals surface area contributed by atoms with E-state index in [1.807, 2.05) is 4.90 Å². The molecule has 0 spiro atoms. The average Bonchev–Trinajstić information content (AvgIpc) is 2.62.